The van der Waals surface area contributed by atoms with Crippen molar-refractivity contribution in [3.63, 3.8) is 0 Å². The van der Waals surface area contributed by atoms with Crippen molar-refractivity contribution in [1.29, 1.82) is 0 Å². The normalized spacial score (nSPS) is 11.1. The first-order valence-corrected chi connectivity index (χ1v) is 7.31. The molecule has 0 fully saturated rings. The minimum absolute atomic E-state index is 0.868. The Bertz CT molecular complexity index is 599. The van der Waals surface area contributed by atoms with Gasteiger partial charge in [0.1, 0.15) is 0 Å². The summed E-state index contributed by atoms with van der Waals surface area (Å²) in [5.41, 5.74) is 5.92. The van der Waals surface area contributed by atoms with Crippen molar-refractivity contribution in [3.05, 3.63) is 40.3 Å². The van der Waals surface area contributed by atoms with Crippen LogP contribution in [0.5, 0.6) is 0 Å². The molecule has 2 aromatic rings. The lowest BCUT2D eigenvalue weighted by atomic mass is 10.1. The molecule has 0 saturated heterocycles. The fourth-order valence-corrected chi connectivity index (χ4v) is 2.55. The van der Waals surface area contributed by atoms with Gasteiger partial charge in [-0.3, -0.25) is 0 Å². The quantitative estimate of drug-likeness (QED) is 0.910. The first-order chi connectivity index (χ1) is 9.58. The standard InChI is InChI=1S/C16H24N4/c1-6-15-12(4)19-20(13(15)5)16-9-8-14(10-17-7-2)11(3)18-16/h8-9,17H,6-7,10H2,1-5H3. The Balaban J connectivity index is 2.37. The lowest BCUT2D eigenvalue weighted by Crippen LogP contribution is -2.14. The molecule has 1 N–H and O–H groups in total. The van der Waals surface area contributed by atoms with Gasteiger partial charge in [0, 0.05) is 17.9 Å². The Kier molecular flexibility index (Phi) is 4.55. The van der Waals surface area contributed by atoms with E-state index in [1.54, 1.807) is 0 Å². The molecule has 0 amide bonds. The molecule has 0 atom stereocenters. The van der Waals surface area contributed by atoms with Crippen LogP contribution in [-0.4, -0.2) is 21.3 Å². The number of hydrogen-bond donors (Lipinski definition) is 1. The molecular formula is C16H24N4. The molecule has 0 aliphatic rings. The zero-order chi connectivity index (χ0) is 14.7. The zero-order valence-corrected chi connectivity index (χ0v) is 13.1. The molecule has 0 spiro atoms. The number of pyridine rings is 1. The molecule has 0 aliphatic heterocycles. The second kappa shape index (κ2) is 6.18. The van der Waals surface area contributed by atoms with Crippen LogP contribution in [0.15, 0.2) is 12.1 Å². The largest absolute Gasteiger partial charge is 0.313 e. The van der Waals surface area contributed by atoms with E-state index in [0.717, 1.165) is 36.7 Å². The van der Waals surface area contributed by atoms with E-state index in [1.807, 2.05) is 4.68 Å². The molecule has 0 aromatic carbocycles. The topological polar surface area (TPSA) is 42.7 Å². The summed E-state index contributed by atoms with van der Waals surface area (Å²) in [7, 11) is 0. The maximum atomic E-state index is 4.71. The maximum Gasteiger partial charge on any atom is 0.153 e. The van der Waals surface area contributed by atoms with Gasteiger partial charge < -0.3 is 5.32 Å². The summed E-state index contributed by atoms with van der Waals surface area (Å²) in [5.74, 6) is 0.906. The summed E-state index contributed by atoms with van der Waals surface area (Å²) < 4.78 is 1.96. The molecule has 0 bridgehead atoms. The average Bonchev–Trinajstić information content (AvgIpc) is 2.72. The summed E-state index contributed by atoms with van der Waals surface area (Å²) in [6.45, 7) is 12.4. The van der Waals surface area contributed by atoms with Gasteiger partial charge in [-0.15, -0.1) is 0 Å². The van der Waals surface area contributed by atoms with Crippen LogP contribution in [0.3, 0.4) is 0 Å². The van der Waals surface area contributed by atoms with Crippen LogP contribution in [0, 0.1) is 20.8 Å². The Labute approximate surface area is 121 Å². The Morgan fingerprint density at radius 3 is 2.40 bits per heavy atom. The van der Waals surface area contributed by atoms with Gasteiger partial charge in [-0.1, -0.05) is 19.9 Å². The van der Waals surface area contributed by atoms with Gasteiger partial charge in [-0.25, -0.2) is 9.67 Å². The summed E-state index contributed by atoms with van der Waals surface area (Å²) in [6, 6.07) is 4.20. The van der Waals surface area contributed by atoms with E-state index in [0.29, 0.717) is 0 Å². The van der Waals surface area contributed by atoms with E-state index >= 15 is 0 Å². The number of aryl methyl sites for hydroxylation is 2. The molecule has 20 heavy (non-hydrogen) atoms. The fraction of sp³-hybridized carbons (Fsp3) is 0.500. The van der Waals surface area contributed by atoms with Crippen LogP contribution in [0.1, 0.15) is 42.1 Å². The third-order valence-corrected chi connectivity index (χ3v) is 3.76. The van der Waals surface area contributed by atoms with Crippen molar-refractivity contribution in [1.82, 2.24) is 20.1 Å². The molecule has 0 aliphatic carbocycles. The van der Waals surface area contributed by atoms with Crippen LogP contribution in [0.25, 0.3) is 5.82 Å². The van der Waals surface area contributed by atoms with Gasteiger partial charge in [0.05, 0.1) is 5.69 Å². The number of nitrogens with one attached hydrogen (secondary N) is 1. The fourth-order valence-electron chi connectivity index (χ4n) is 2.55. The smallest absolute Gasteiger partial charge is 0.153 e. The van der Waals surface area contributed by atoms with Gasteiger partial charge in [0.2, 0.25) is 0 Å². The van der Waals surface area contributed by atoms with Crippen LogP contribution in [0.4, 0.5) is 0 Å². The highest BCUT2D eigenvalue weighted by Crippen LogP contribution is 2.18. The van der Waals surface area contributed by atoms with Crippen molar-refractivity contribution in [2.45, 2.75) is 47.6 Å². The molecule has 0 saturated carbocycles. The van der Waals surface area contributed by atoms with Crippen molar-refractivity contribution >= 4 is 0 Å². The Morgan fingerprint density at radius 2 is 1.85 bits per heavy atom. The first kappa shape index (κ1) is 14.7. The predicted molar refractivity (Wildman–Crippen MR) is 82.3 cm³/mol. The maximum absolute atomic E-state index is 4.71. The molecule has 2 heterocycles. The molecule has 4 heteroatoms. The SMILES string of the molecule is CCNCc1ccc(-n2nc(C)c(CC)c2C)nc1C. The minimum Gasteiger partial charge on any atom is -0.313 e. The molecule has 108 valence electrons. The van der Waals surface area contributed by atoms with Gasteiger partial charge in [0.15, 0.2) is 5.82 Å². The molecule has 0 radical (unpaired) electrons. The second-order valence-electron chi connectivity index (χ2n) is 5.11. The number of nitrogens with zero attached hydrogens (tertiary/aromatic N) is 3. The molecule has 4 nitrogen and oxygen atoms in total. The molecule has 2 rings (SSSR count). The van der Waals surface area contributed by atoms with E-state index in [1.165, 1.54) is 16.8 Å². The zero-order valence-electron chi connectivity index (χ0n) is 13.1. The summed E-state index contributed by atoms with van der Waals surface area (Å²) >= 11 is 0. The van der Waals surface area contributed by atoms with E-state index in [9.17, 15) is 0 Å². The monoisotopic (exact) mass is 272 g/mol. The predicted octanol–water partition coefficient (Wildman–Crippen LogP) is 2.86. The van der Waals surface area contributed by atoms with Crippen molar-refractivity contribution in [2.24, 2.45) is 0 Å². The Hall–Kier alpha value is -1.68. The van der Waals surface area contributed by atoms with Crippen molar-refractivity contribution in [2.75, 3.05) is 6.54 Å². The molecular weight excluding hydrogens is 248 g/mol. The van der Waals surface area contributed by atoms with Crippen LogP contribution >= 0.6 is 0 Å². The van der Waals surface area contributed by atoms with E-state index in [-0.39, 0.29) is 0 Å². The van der Waals surface area contributed by atoms with E-state index < -0.39 is 0 Å². The number of hydrogen-bond acceptors (Lipinski definition) is 3. The first-order valence-electron chi connectivity index (χ1n) is 7.31. The van der Waals surface area contributed by atoms with Gasteiger partial charge >= 0.3 is 0 Å². The van der Waals surface area contributed by atoms with Crippen molar-refractivity contribution in [3.8, 4) is 5.82 Å². The highest BCUT2D eigenvalue weighted by molar-refractivity contribution is 5.35. The van der Waals surface area contributed by atoms with Crippen LogP contribution in [-0.2, 0) is 13.0 Å². The minimum atomic E-state index is 0.868. The van der Waals surface area contributed by atoms with Gasteiger partial charge in [0.25, 0.3) is 0 Å². The van der Waals surface area contributed by atoms with Crippen LogP contribution < -0.4 is 5.32 Å². The summed E-state index contributed by atoms with van der Waals surface area (Å²) in [5, 5.41) is 7.96. The lowest BCUT2D eigenvalue weighted by molar-refractivity contribution is 0.716. The molecule has 0 unspecified atom stereocenters. The Morgan fingerprint density at radius 1 is 1.10 bits per heavy atom. The van der Waals surface area contributed by atoms with Gasteiger partial charge in [-0.05, 0) is 50.9 Å². The molecule has 2 aromatic heterocycles. The van der Waals surface area contributed by atoms with Crippen molar-refractivity contribution < 1.29 is 0 Å². The third kappa shape index (κ3) is 2.75. The summed E-state index contributed by atoms with van der Waals surface area (Å²) in [6.07, 6.45) is 1.01. The average molecular weight is 272 g/mol. The summed E-state index contributed by atoms with van der Waals surface area (Å²) in [4.78, 5) is 4.71. The highest BCUT2D eigenvalue weighted by atomic mass is 15.3. The van der Waals surface area contributed by atoms with Crippen LogP contribution in [0.2, 0.25) is 0 Å². The number of rotatable bonds is 5. The van der Waals surface area contributed by atoms with Gasteiger partial charge in [-0.2, -0.15) is 5.10 Å². The highest BCUT2D eigenvalue weighted by Gasteiger charge is 2.12. The van der Waals surface area contributed by atoms with E-state index in [4.69, 9.17) is 4.98 Å². The second-order valence-corrected chi connectivity index (χ2v) is 5.11. The lowest BCUT2D eigenvalue weighted by Gasteiger charge is -2.09. The number of aromatic nitrogens is 3. The third-order valence-electron chi connectivity index (χ3n) is 3.76. The van der Waals surface area contributed by atoms with E-state index in [2.05, 4.69) is 57.2 Å².